The minimum Gasteiger partial charge on any atom is -0.398 e. The molecule has 0 radical (unpaired) electrons. The molecule has 1 aromatic carbocycles. The lowest BCUT2D eigenvalue weighted by molar-refractivity contribution is 0.0929. The van der Waals surface area contributed by atoms with Crippen molar-refractivity contribution in [3.63, 3.8) is 0 Å². The molecule has 0 aliphatic carbocycles. The molecule has 5 heteroatoms. The zero-order valence-corrected chi connectivity index (χ0v) is 11.4. The van der Waals surface area contributed by atoms with Gasteiger partial charge in [0.1, 0.15) is 0 Å². The van der Waals surface area contributed by atoms with E-state index in [0.717, 1.165) is 0 Å². The molecule has 0 unspecified atom stereocenters. The summed E-state index contributed by atoms with van der Waals surface area (Å²) in [5, 5.41) is 12.2. The number of amides is 1. The summed E-state index contributed by atoms with van der Waals surface area (Å²) in [6.45, 7) is 4.55. The van der Waals surface area contributed by atoms with Crippen LogP contribution in [-0.2, 0) is 0 Å². The van der Waals surface area contributed by atoms with Crippen molar-refractivity contribution < 1.29 is 9.90 Å². The first-order chi connectivity index (χ1) is 8.35. The molecule has 0 saturated heterocycles. The first-order valence-electron chi connectivity index (χ1n) is 5.80. The number of hydrogen-bond donors (Lipinski definition) is 3. The standard InChI is InChI=1S/C13H19ClN2O2/c1-13(2,5-6-17)8-16-12(18)10-4-3-9(14)7-11(10)15/h3-4,7,17H,5-6,8,15H2,1-2H3,(H,16,18). The van der Waals surface area contributed by atoms with Gasteiger partial charge in [0.15, 0.2) is 0 Å². The number of rotatable bonds is 5. The molecule has 0 bridgehead atoms. The highest BCUT2D eigenvalue weighted by atomic mass is 35.5. The van der Waals surface area contributed by atoms with Crippen molar-refractivity contribution in [3.8, 4) is 0 Å². The van der Waals surface area contributed by atoms with Crippen LogP contribution in [0.5, 0.6) is 0 Å². The van der Waals surface area contributed by atoms with Gasteiger partial charge in [-0.2, -0.15) is 0 Å². The molecule has 100 valence electrons. The third-order valence-electron chi connectivity index (χ3n) is 2.77. The molecular weight excluding hydrogens is 252 g/mol. The number of carbonyl (C=O) groups is 1. The Hall–Kier alpha value is -1.26. The molecule has 0 aliphatic rings. The monoisotopic (exact) mass is 270 g/mol. The molecule has 0 aliphatic heterocycles. The van der Waals surface area contributed by atoms with Gasteiger partial charge < -0.3 is 16.2 Å². The van der Waals surface area contributed by atoms with Crippen LogP contribution in [0.1, 0.15) is 30.6 Å². The Morgan fingerprint density at radius 2 is 2.17 bits per heavy atom. The third kappa shape index (κ3) is 4.20. The fourth-order valence-corrected chi connectivity index (χ4v) is 1.73. The summed E-state index contributed by atoms with van der Waals surface area (Å²) in [6, 6.07) is 4.78. The van der Waals surface area contributed by atoms with Gasteiger partial charge in [0.25, 0.3) is 5.91 Å². The molecule has 18 heavy (non-hydrogen) atoms. The van der Waals surface area contributed by atoms with Crippen LogP contribution in [0.25, 0.3) is 0 Å². The smallest absolute Gasteiger partial charge is 0.253 e. The van der Waals surface area contributed by atoms with Crippen molar-refractivity contribution in [1.29, 1.82) is 0 Å². The summed E-state index contributed by atoms with van der Waals surface area (Å²) in [7, 11) is 0. The van der Waals surface area contributed by atoms with Gasteiger partial charge >= 0.3 is 0 Å². The average molecular weight is 271 g/mol. The minimum atomic E-state index is -0.227. The SMILES string of the molecule is CC(C)(CCO)CNC(=O)c1ccc(Cl)cc1N. The first-order valence-corrected chi connectivity index (χ1v) is 6.17. The van der Waals surface area contributed by atoms with Gasteiger partial charge in [0.2, 0.25) is 0 Å². The van der Waals surface area contributed by atoms with Gasteiger partial charge in [-0.25, -0.2) is 0 Å². The number of aliphatic hydroxyl groups is 1. The number of hydrogen-bond acceptors (Lipinski definition) is 3. The van der Waals surface area contributed by atoms with E-state index in [1.807, 2.05) is 13.8 Å². The quantitative estimate of drug-likeness (QED) is 0.717. The molecule has 1 aromatic rings. The Morgan fingerprint density at radius 3 is 2.72 bits per heavy atom. The number of anilines is 1. The second-order valence-electron chi connectivity index (χ2n) is 5.05. The normalized spacial score (nSPS) is 11.3. The summed E-state index contributed by atoms with van der Waals surface area (Å²) in [5.74, 6) is -0.227. The fraction of sp³-hybridized carbons (Fsp3) is 0.462. The number of carbonyl (C=O) groups excluding carboxylic acids is 1. The van der Waals surface area contributed by atoms with E-state index < -0.39 is 0 Å². The lowest BCUT2D eigenvalue weighted by atomic mass is 9.89. The van der Waals surface area contributed by atoms with Crippen molar-refractivity contribution in [2.45, 2.75) is 20.3 Å². The van der Waals surface area contributed by atoms with Crippen LogP contribution in [-0.4, -0.2) is 24.2 Å². The maximum atomic E-state index is 11.9. The first kappa shape index (κ1) is 14.8. The summed E-state index contributed by atoms with van der Waals surface area (Å²) >= 11 is 5.77. The van der Waals surface area contributed by atoms with Crippen molar-refractivity contribution in [1.82, 2.24) is 5.32 Å². The van der Waals surface area contributed by atoms with E-state index >= 15 is 0 Å². The van der Waals surface area contributed by atoms with Crippen molar-refractivity contribution in [2.75, 3.05) is 18.9 Å². The topological polar surface area (TPSA) is 75.3 Å². The molecule has 1 amide bonds. The molecule has 1 rings (SSSR count). The van der Waals surface area contributed by atoms with Crippen molar-refractivity contribution >= 4 is 23.2 Å². The summed E-state index contributed by atoms with van der Waals surface area (Å²) in [6.07, 6.45) is 0.628. The molecule has 0 fully saturated rings. The van der Waals surface area contributed by atoms with Crippen molar-refractivity contribution in [3.05, 3.63) is 28.8 Å². The Kier molecular flexibility index (Phi) is 4.99. The third-order valence-corrected chi connectivity index (χ3v) is 3.01. The van der Waals surface area contributed by atoms with Crippen LogP contribution in [0.2, 0.25) is 5.02 Å². The van der Waals surface area contributed by atoms with E-state index in [1.165, 1.54) is 0 Å². The number of nitrogen functional groups attached to an aromatic ring is 1. The van der Waals surface area contributed by atoms with E-state index in [1.54, 1.807) is 18.2 Å². The zero-order valence-electron chi connectivity index (χ0n) is 10.7. The van der Waals surface area contributed by atoms with E-state index in [0.29, 0.717) is 29.2 Å². The Bertz CT molecular complexity index is 433. The maximum absolute atomic E-state index is 11.9. The van der Waals surface area contributed by atoms with Crippen LogP contribution in [0.3, 0.4) is 0 Å². The van der Waals surface area contributed by atoms with E-state index in [9.17, 15) is 4.79 Å². The highest BCUT2D eigenvalue weighted by Gasteiger charge is 2.19. The average Bonchev–Trinajstić information content (AvgIpc) is 2.26. The molecule has 0 aromatic heterocycles. The van der Waals surface area contributed by atoms with Gasteiger partial charge in [-0.1, -0.05) is 25.4 Å². The molecule has 0 heterocycles. The van der Waals surface area contributed by atoms with E-state index in [-0.39, 0.29) is 17.9 Å². The van der Waals surface area contributed by atoms with Gasteiger partial charge in [-0.05, 0) is 30.0 Å². The van der Waals surface area contributed by atoms with E-state index in [2.05, 4.69) is 5.32 Å². The Morgan fingerprint density at radius 1 is 1.50 bits per heavy atom. The maximum Gasteiger partial charge on any atom is 0.253 e. The summed E-state index contributed by atoms with van der Waals surface area (Å²) in [5.41, 5.74) is 6.36. The molecule has 0 saturated carbocycles. The highest BCUT2D eigenvalue weighted by molar-refractivity contribution is 6.31. The zero-order chi connectivity index (χ0) is 13.8. The lowest BCUT2D eigenvalue weighted by Crippen LogP contribution is -2.34. The number of nitrogens with two attached hydrogens (primary N) is 1. The number of aliphatic hydroxyl groups excluding tert-OH is 1. The van der Waals surface area contributed by atoms with Crippen LogP contribution < -0.4 is 11.1 Å². The van der Waals surface area contributed by atoms with Gasteiger partial charge in [-0.3, -0.25) is 4.79 Å². The van der Waals surface area contributed by atoms with Gasteiger partial charge in [0.05, 0.1) is 5.56 Å². The van der Waals surface area contributed by atoms with E-state index in [4.69, 9.17) is 22.4 Å². The predicted octanol–water partition coefficient (Wildman–Crippen LogP) is 2.06. The molecule has 0 atom stereocenters. The molecule has 4 N–H and O–H groups in total. The highest BCUT2D eigenvalue weighted by Crippen LogP contribution is 2.20. The van der Waals surface area contributed by atoms with Crippen LogP contribution in [0, 0.1) is 5.41 Å². The second kappa shape index (κ2) is 6.07. The van der Waals surface area contributed by atoms with Crippen LogP contribution in [0.15, 0.2) is 18.2 Å². The summed E-state index contributed by atoms with van der Waals surface area (Å²) < 4.78 is 0. The largest absolute Gasteiger partial charge is 0.398 e. The second-order valence-corrected chi connectivity index (χ2v) is 5.49. The minimum absolute atomic E-state index is 0.103. The molecule has 4 nitrogen and oxygen atoms in total. The Balaban J connectivity index is 2.66. The number of halogens is 1. The van der Waals surface area contributed by atoms with Crippen LogP contribution in [0.4, 0.5) is 5.69 Å². The number of nitrogens with one attached hydrogen (secondary N) is 1. The Labute approximate surface area is 112 Å². The van der Waals surface area contributed by atoms with Gasteiger partial charge in [-0.15, -0.1) is 0 Å². The molecular formula is C13H19ClN2O2. The van der Waals surface area contributed by atoms with Gasteiger partial charge in [0, 0.05) is 23.9 Å². The molecule has 0 spiro atoms. The van der Waals surface area contributed by atoms with Crippen molar-refractivity contribution in [2.24, 2.45) is 5.41 Å². The van der Waals surface area contributed by atoms with Crippen LogP contribution >= 0.6 is 11.6 Å². The predicted molar refractivity (Wildman–Crippen MR) is 73.7 cm³/mol. The fourth-order valence-electron chi connectivity index (χ4n) is 1.55. The number of benzene rings is 1. The summed E-state index contributed by atoms with van der Waals surface area (Å²) in [4.78, 5) is 11.9. The lowest BCUT2D eigenvalue weighted by Gasteiger charge is -2.24.